The van der Waals surface area contributed by atoms with Gasteiger partial charge in [0.1, 0.15) is 5.75 Å². The lowest BCUT2D eigenvalue weighted by Crippen LogP contribution is -1.99. The molecule has 0 aliphatic rings. The lowest BCUT2D eigenvalue weighted by atomic mass is 10.2. The summed E-state index contributed by atoms with van der Waals surface area (Å²) in [7, 11) is 1.65. The van der Waals surface area contributed by atoms with Crippen LogP contribution in [0.25, 0.3) is 0 Å². The summed E-state index contributed by atoms with van der Waals surface area (Å²) in [5.74, 6) is 1.16. The fourth-order valence-electron chi connectivity index (χ4n) is 1.23. The smallest absolute Gasteiger partial charge is 0.233 e. The van der Waals surface area contributed by atoms with E-state index in [1.807, 2.05) is 24.3 Å². The largest absolute Gasteiger partial charge is 0.497 e. The molecule has 0 spiro atoms. The van der Waals surface area contributed by atoms with Crippen LogP contribution in [0.4, 0.5) is 11.1 Å². The molecule has 0 atom stereocenters. The maximum absolute atomic E-state index is 5.42. The van der Waals surface area contributed by atoms with Gasteiger partial charge in [0.2, 0.25) is 11.1 Å². The molecular weight excluding hydrogens is 224 g/mol. The quantitative estimate of drug-likeness (QED) is 0.846. The Morgan fingerprint density at radius 2 is 2.12 bits per heavy atom. The van der Waals surface area contributed by atoms with Gasteiger partial charge < -0.3 is 15.8 Å². The summed E-state index contributed by atoms with van der Waals surface area (Å²) in [5.41, 5.74) is 6.56. The maximum atomic E-state index is 5.42. The predicted molar refractivity (Wildman–Crippen MR) is 64.6 cm³/mol. The molecule has 0 bridgehead atoms. The topological polar surface area (TPSA) is 73.1 Å². The molecule has 0 fully saturated rings. The zero-order chi connectivity index (χ0) is 11.4. The number of rotatable bonds is 4. The predicted octanol–water partition coefficient (Wildman–Crippen LogP) is 1.74. The van der Waals surface area contributed by atoms with E-state index in [9.17, 15) is 0 Å². The van der Waals surface area contributed by atoms with Gasteiger partial charge in [-0.15, -0.1) is 0 Å². The molecule has 3 N–H and O–H groups in total. The summed E-state index contributed by atoms with van der Waals surface area (Å²) < 4.78 is 8.96. The van der Waals surface area contributed by atoms with Gasteiger partial charge in [-0.3, -0.25) is 0 Å². The highest BCUT2D eigenvalue weighted by Crippen LogP contribution is 2.15. The van der Waals surface area contributed by atoms with Gasteiger partial charge in [-0.05, 0) is 17.7 Å². The Balaban J connectivity index is 1.94. The summed E-state index contributed by atoms with van der Waals surface area (Å²) in [6, 6.07) is 7.84. The second kappa shape index (κ2) is 4.80. The molecule has 84 valence electrons. The average Bonchev–Trinajstić information content (AvgIpc) is 2.73. The first-order chi connectivity index (χ1) is 7.78. The fourth-order valence-corrected chi connectivity index (χ4v) is 1.72. The van der Waals surface area contributed by atoms with Crippen molar-refractivity contribution in [2.24, 2.45) is 0 Å². The lowest BCUT2D eigenvalue weighted by Gasteiger charge is -2.03. The van der Waals surface area contributed by atoms with Crippen molar-refractivity contribution in [1.82, 2.24) is 9.36 Å². The molecule has 1 heterocycles. The second-order valence-electron chi connectivity index (χ2n) is 3.16. The average molecular weight is 236 g/mol. The summed E-state index contributed by atoms with van der Waals surface area (Å²) in [6.07, 6.45) is 0. The summed E-state index contributed by atoms with van der Waals surface area (Å²) in [6.45, 7) is 0.693. The van der Waals surface area contributed by atoms with Crippen molar-refractivity contribution in [3.8, 4) is 5.75 Å². The number of hydrogen-bond acceptors (Lipinski definition) is 6. The first kappa shape index (κ1) is 10.7. The van der Waals surface area contributed by atoms with E-state index in [0.717, 1.165) is 16.4 Å². The van der Waals surface area contributed by atoms with Crippen LogP contribution in [-0.2, 0) is 6.54 Å². The number of aromatic nitrogens is 2. The molecule has 0 radical (unpaired) electrons. The molecule has 0 saturated carbocycles. The molecule has 1 aromatic heterocycles. The minimum Gasteiger partial charge on any atom is -0.497 e. The summed E-state index contributed by atoms with van der Waals surface area (Å²) in [4.78, 5) is 4.01. The first-order valence-corrected chi connectivity index (χ1v) is 5.51. The molecule has 0 saturated heterocycles. The van der Waals surface area contributed by atoms with Crippen molar-refractivity contribution in [3.63, 3.8) is 0 Å². The highest BCUT2D eigenvalue weighted by Gasteiger charge is 2.00. The number of nitrogens with one attached hydrogen (secondary N) is 1. The number of ether oxygens (including phenoxy) is 1. The van der Waals surface area contributed by atoms with Crippen molar-refractivity contribution in [1.29, 1.82) is 0 Å². The third kappa shape index (κ3) is 2.60. The monoisotopic (exact) mass is 236 g/mol. The van der Waals surface area contributed by atoms with E-state index in [2.05, 4.69) is 14.7 Å². The molecule has 2 aromatic rings. The van der Waals surface area contributed by atoms with Crippen molar-refractivity contribution >= 4 is 22.6 Å². The van der Waals surface area contributed by atoms with Crippen molar-refractivity contribution in [3.05, 3.63) is 29.8 Å². The van der Waals surface area contributed by atoms with Crippen LogP contribution in [0, 0.1) is 0 Å². The van der Waals surface area contributed by atoms with Gasteiger partial charge in [-0.25, -0.2) is 0 Å². The number of anilines is 2. The third-order valence-electron chi connectivity index (χ3n) is 2.04. The maximum Gasteiger partial charge on any atom is 0.233 e. The van der Waals surface area contributed by atoms with Crippen molar-refractivity contribution < 1.29 is 4.74 Å². The minimum atomic E-state index is 0.308. The van der Waals surface area contributed by atoms with E-state index >= 15 is 0 Å². The van der Waals surface area contributed by atoms with E-state index in [-0.39, 0.29) is 0 Å². The van der Waals surface area contributed by atoms with E-state index in [1.165, 1.54) is 11.5 Å². The number of benzene rings is 1. The first-order valence-electron chi connectivity index (χ1n) is 4.74. The third-order valence-corrected chi connectivity index (χ3v) is 2.73. The fraction of sp³-hybridized carbons (Fsp3) is 0.200. The van der Waals surface area contributed by atoms with E-state index in [1.54, 1.807) is 7.11 Å². The number of methoxy groups -OCH3 is 1. The zero-order valence-electron chi connectivity index (χ0n) is 8.80. The summed E-state index contributed by atoms with van der Waals surface area (Å²) >= 11 is 1.25. The molecule has 0 unspecified atom stereocenters. The Labute approximate surface area is 97.4 Å². The Hall–Kier alpha value is -1.82. The second-order valence-corrected chi connectivity index (χ2v) is 3.91. The van der Waals surface area contributed by atoms with Crippen molar-refractivity contribution in [2.75, 3.05) is 18.2 Å². The highest BCUT2D eigenvalue weighted by atomic mass is 32.1. The molecule has 1 aromatic carbocycles. The standard InChI is InChI=1S/C10H12N4OS/c1-15-8-4-2-7(3-5-8)6-12-10-13-9(11)14-16-10/h2-5H,6H2,1H3,(H3,11,12,13,14). The van der Waals surface area contributed by atoms with Gasteiger partial charge in [0.25, 0.3) is 0 Å². The van der Waals surface area contributed by atoms with Gasteiger partial charge in [0.05, 0.1) is 7.11 Å². The van der Waals surface area contributed by atoms with Gasteiger partial charge in [-0.2, -0.15) is 9.36 Å². The van der Waals surface area contributed by atoms with Gasteiger partial charge in [-0.1, -0.05) is 12.1 Å². The Bertz CT molecular complexity index is 454. The van der Waals surface area contributed by atoms with Gasteiger partial charge in [0.15, 0.2) is 0 Å². The van der Waals surface area contributed by atoms with Crippen LogP contribution in [0.2, 0.25) is 0 Å². The van der Waals surface area contributed by atoms with Crippen LogP contribution in [0.5, 0.6) is 5.75 Å². The molecular formula is C10H12N4OS. The van der Waals surface area contributed by atoms with Crippen LogP contribution < -0.4 is 15.8 Å². The number of nitrogens with two attached hydrogens (primary N) is 1. The molecule has 0 aliphatic heterocycles. The van der Waals surface area contributed by atoms with Crippen LogP contribution in [0.3, 0.4) is 0 Å². The number of nitrogen functional groups attached to an aromatic ring is 1. The molecule has 0 aliphatic carbocycles. The molecule has 0 amide bonds. The zero-order valence-corrected chi connectivity index (χ0v) is 9.62. The van der Waals surface area contributed by atoms with Crippen LogP contribution in [-0.4, -0.2) is 16.5 Å². The lowest BCUT2D eigenvalue weighted by molar-refractivity contribution is 0.414. The number of hydrogen-bond donors (Lipinski definition) is 2. The van der Waals surface area contributed by atoms with Gasteiger partial charge >= 0.3 is 0 Å². The Morgan fingerprint density at radius 3 is 2.69 bits per heavy atom. The number of nitrogens with zero attached hydrogens (tertiary/aromatic N) is 2. The van der Waals surface area contributed by atoms with E-state index < -0.39 is 0 Å². The molecule has 16 heavy (non-hydrogen) atoms. The van der Waals surface area contributed by atoms with Crippen LogP contribution in [0.1, 0.15) is 5.56 Å². The minimum absolute atomic E-state index is 0.308. The van der Waals surface area contributed by atoms with Crippen LogP contribution >= 0.6 is 11.5 Å². The SMILES string of the molecule is COc1ccc(CNc2nc(N)ns2)cc1. The normalized spacial score (nSPS) is 10.1. The van der Waals surface area contributed by atoms with Crippen LogP contribution in [0.15, 0.2) is 24.3 Å². The summed E-state index contributed by atoms with van der Waals surface area (Å²) in [5, 5.41) is 3.87. The Morgan fingerprint density at radius 1 is 1.38 bits per heavy atom. The Kier molecular flexibility index (Phi) is 3.21. The highest BCUT2D eigenvalue weighted by molar-refractivity contribution is 7.09. The molecule has 5 nitrogen and oxygen atoms in total. The van der Waals surface area contributed by atoms with Gasteiger partial charge in [0, 0.05) is 18.1 Å². The van der Waals surface area contributed by atoms with Crippen molar-refractivity contribution in [2.45, 2.75) is 6.54 Å². The van der Waals surface area contributed by atoms with E-state index in [0.29, 0.717) is 12.5 Å². The van der Waals surface area contributed by atoms with E-state index in [4.69, 9.17) is 10.5 Å². The molecule has 2 rings (SSSR count). The molecule has 6 heteroatoms.